The number of amides is 2. The van der Waals surface area contributed by atoms with E-state index in [1.807, 2.05) is 0 Å². The molecule has 5 nitrogen and oxygen atoms in total. The van der Waals surface area contributed by atoms with Gasteiger partial charge in [0.15, 0.2) is 0 Å². The van der Waals surface area contributed by atoms with Gasteiger partial charge in [0.1, 0.15) is 17.6 Å². The maximum Gasteiger partial charge on any atom is 0.262 e. The fourth-order valence-corrected chi connectivity index (χ4v) is 3.28. The zero-order valence-corrected chi connectivity index (χ0v) is 14.8. The van der Waals surface area contributed by atoms with Gasteiger partial charge in [-0.05, 0) is 37.3 Å². The van der Waals surface area contributed by atoms with Crippen LogP contribution in [0.2, 0.25) is 0 Å². The number of halogens is 1. The first-order valence-electron chi connectivity index (χ1n) is 8.00. The molecule has 0 saturated heterocycles. The van der Waals surface area contributed by atoms with Crippen LogP contribution in [0.15, 0.2) is 59.2 Å². The SMILES string of the molecule is CC(NC(=O)c1ccc(-c2ccccc2F)s1)C(=O)NCc1ccco1. The average Bonchev–Trinajstić information content (AvgIpc) is 3.31. The lowest BCUT2D eigenvalue weighted by Gasteiger charge is -2.12. The van der Waals surface area contributed by atoms with Gasteiger partial charge >= 0.3 is 0 Å². The van der Waals surface area contributed by atoms with Crippen LogP contribution in [0.25, 0.3) is 10.4 Å². The fourth-order valence-electron chi connectivity index (χ4n) is 2.34. The van der Waals surface area contributed by atoms with Crippen LogP contribution in [0.4, 0.5) is 4.39 Å². The Morgan fingerprint density at radius 2 is 1.96 bits per heavy atom. The zero-order chi connectivity index (χ0) is 18.5. The quantitative estimate of drug-likeness (QED) is 0.695. The van der Waals surface area contributed by atoms with Gasteiger partial charge in [-0.3, -0.25) is 9.59 Å². The van der Waals surface area contributed by atoms with Crippen LogP contribution in [-0.2, 0) is 11.3 Å². The van der Waals surface area contributed by atoms with E-state index in [9.17, 15) is 14.0 Å². The maximum absolute atomic E-state index is 13.8. The second-order valence-electron chi connectivity index (χ2n) is 5.64. The molecule has 0 aliphatic carbocycles. The zero-order valence-electron chi connectivity index (χ0n) is 14.0. The minimum Gasteiger partial charge on any atom is -0.467 e. The number of hydrogen-bond donors (Lipinski definition) is 2. The first-order chi connectivity index (χ1) is 12.5. The number of carbonyl (C=O) groups is 2. The smallest absolute Gasteiger partial charge is 0.262 e. The Labute approximate surface area is 153 Å². The topological polar surface area (TPSA) is 71.3 Å². The lowest BCUT2D eigenvalue weighted by atomic mass is 10.2. The molecule has 7 heteroatoms. The number of furan rings is 1. The molecule has 0 radical (unpaired) electrons. The maximum atomic E-state index is 13.8. The molecule has 3 aromatic rings. The minimum absolute atomic E-state index is 0.252. The monoisotopic (exact) mass is 372 g/mol. The van der Waals surface area contributed by atoms with E-state index >= 15 is 0 Å². The Kier molecular flexibility index (Phi) is 5.48. The highest BCUT2D eigenvalue weighted by Crippen LogP contribution is 2.29. The van der Waals surface area contributed by atoms with Crippen LogP contribution in [0.5, 0.6) is 0 Å². The number of rotatable bonds is 6. The van der Waals surface area contributed by atoms with Crippen molar-refractivity contribution in [2.24, 2.45) is 0 Å². The summed E-state index contributed by atoms with van der Waals surface area (Å²) < 4.78 is 19.0. The summed E-state index contributed by atoms with van der Waals surface area (Å²) in [5.74, 6) is -0.407. The number of thiophene rings is 1. The Bertz CT molecular complexity index is 905. The van der Waals surface area contributed by atoms with Gasteiger partial charge in [0.2, 0.25) is 5.91 Å². The van der Waals surface area contributed by atoms with E-state index in [0.29, 0.717) is 21.1 Å². The molecule has 3 rings (SSSR count). The van der Waals surface area contributed by atoms with Gasteiger partial charge in [-0.2, -0.15) is 0 Å². The Hall–Kier alpha value is -2.93. The van der Waals surface area contributed by atoms with Crippen molar-refractivity contribution < 1.29 is 18.4 Å². The first-order valence-corrected chi connectivity index (χ1v) is 8.82. The molecule has 134 valence electrons. The molecule has 0 bridgehead atoms. The lowest BCUT2D eigenvalue weighted by molar-refractivity contribution is -0.122. The van der Waals surface area contributed by atoms with E-state index in [2.05, 4.69) is 10.6 Å². The minimum atomic E-state index is -0.712. The third-order valence-corrected chi connectivity index (χ3v) is 4.84. The van der Waals surface area contributed by atoms with Crippen molar-refractivity contribution in [2.75, 3.05) is 0 Å². The van der Waals surface area contributed by atoms with E-state index in [-0.39, 0.29) is 24.2 Å². The molecule has 0 fully saturated rings. The molecule has 0 aliphatic rings. The summed E-state index contributed by atoms with van der Waals surface area (Å²) in [5.41, 5.74) is 0.445. The van der Waals surface area contributed by atoms with E-state index in [1.165, 1.54) is 23.7 Å². The molecule has 0 spiro atoms. The van der Waals surface area contributed by atoms with Crippen molar-refractivity contribution in [2.45, 2.75) is 19.5 Å². The van der Waals surface area contributed by atoms with Crippen molar-refractivity contribution >= 4 is 23.2 Å². The van der Waals surface area contributed by atoms with Crippen molar-refractivity contribution in [3.8, 4) is 10.4 Å². The molecule has 0 saturated carbocycles. The van der Waals surface area contributed by atoms with Crippen LogP contribution in [0.1, 0.15) is 22.4 Å². The van der Waals surface area contributed by atoms with Gasteiger partial charge in [0.25, 0.3) is 5.91 Å². The third kappa shape index (κ3) is 4.18. The Balaban J connectivity index is 1.59. The fraction of sp³-hybridized carbons (Fsp3) is 0.158. The molecule has 2 N–H and O–H groups in total. The summed E-state index contributed by atoms with van der Waals surface area (Å²) in [5, 5.41) is 5.33. The van der Waals surface area contributed by atoms with Crippen molar-refractivity contribution in [3.05, 3.63) is 71.2 Å². The van der Waals surface area contributed by atoms with Gasteiger partial charge in [-0.25, -0.2) is 4.39 Å². The predicted molar refractivity (Wildman–Crippen MR) is 97.2 cm³/mol. The van der Waals surface area contributed by atoms with Crippen molar-refractivity contribution in [1.82, 2.24) is 10.6 Å². The molecular formula is C19H17FN2O3S. The largest absolute Gasteiger partial charge is 0.467 e. The van der Waals surface area contributed by atoms with Crippen molar-refractivity contribution in [3.63, 3.8) is 0 Å². The Morgan fingerprint density at radius 3 is 2.69 bits per heavy atom. The van der Waals surface area contributed by atoms with Gasteiger partial charge in [-0.15, -0.1) is 11.3 Å². The summed E-state index contributed by atoms with van der Waals surface area (Å²) in [6, 6.07) is 12.5. The van der Waals surface area contributed by atoms with E-state index in [1.54, 1.807) is 49.4 Å². The van der Waals surface area contributed by atoms with Crippen LogP contribution in [-0.4, -0.2) is 17.9 Å². The van der Waals surface area contributed by atoms with E-state index in [4.69, 9.17) is 4.42 Å². The highest BCUT2D eigenvalue weighted by molar-refractivity contribution is 7.17. The number of carbonyl (C=O) groups excluding carboxylic acids is 2. The van der Waals surface area contributed by atoms with Crippen LogP contribution in [0.3, 0.4) is 0 Å². The number of nitrogens with one attached hydrogen (secondary N) is 2. The lowest BCUT2D eigenvalue weighted by Crippen LogP contribution is -2.44. The molecule has 0 aliphatic heterocycles. The Morgan fingerprint density at radius 1 is 1.15 bits per heavy atom. The van der Waals surface area contributed by atoms with Gasteiger partial charge < -0.3 is 15.1 Å². The molecule has 26 heavy (non-hydrogen) atoms. The van der Waals surface area contributed by atoms with Crippen molar-refractivity contribution in [1.29, 1.82) is 0 Å². The van der Waals surface area contributed by atoms with E-state index < -0.39 is 6.04 Å². The third-order valence-electron chi connectivity index (χ3n) is 3.73. The van der Waals surface area contributed by atoms with Crippen LogP contribution < -0.4 is 10.6 Å². The van der Waals surface area contributed by atoms with Crippen LogP contribution >= 0.6 is 11.3 Å². The molecule has 1 aromatic carbocycles. The summed E-state index contributed by atoms with van der Waals surface area (Å²) in [4.78, 5) is 25.5. The standard InChI is InChI=1S/C19H17FN2O3S/c1-12(18(23)21-11-13-5-4-10-25-13)22-19(24)17-9-8-16(26-17)14-6-2-3-7-15(14)20/h2-10,12H,11H2,1H3,(H,21,23)(H,22,24). The van der Waals surface area contributed by atoms with E-state index in [0.717, 1.165) is 0 Å². The molecule has 2 aromatic heterocycles. The van der Waals surface area contributed by atoms with Gasteiger partial charge in [-0.1, -0.05) is 18.2 Å². The molecule has 2 amide bonds. The molecule has 1 unspecified atom stereocenters. The second kappa shape index (κ2) is 7.97. The highest BCUT2D eigenvalue weighted by Gasteiger charge is 2.18. The first kappa shape index (κ1) is 17.9. The normalized spacial score (nSPS) is 11.8. The van der Waals surface area contributed by atoms with Gasteiger partial charge in [0.05, 0.1) is 17.7 Å². The highest BCUT2D eigenvalue weighted by atomic mass is 32.1. The summed E-state index contributed by atoms with van der Waals surface area (Å²) >= 11 is 1.17. The second-order valence-corrected chi connectivity index (χ2v) is 6.72. The number of hydrogen-bond acceptors (Lipinski definition) is 4. The average molecular weight is 372 g/mol. The summed E-state index contributed by atoms with van der Waals surface area (Å²) in [6.45, 7) is 1.85. The molecular weight excluding hydrogens is 355 g/mol. The predicted octanol–water partition coefficient (Wildman–Crippen LogP) is 3.58. The number of benzene rings is 1. The molecule has 1 atom stereocenters. The molecule has 2 heterocycles. The summed E-state index contributed by atoms with van der Waals surface area (Å²) in [6.07, 6.45) is 1.52. The van der Waals surface area contributed by atoms with Crippen LogP contribution in [0, 0.1) is 5.82 Å². The summed E-state index contributed by atoms with van der Waals surface area (Å²) in [7, 11) is 0. The van der Waals surface area contributed by atoms with Gasteiger partial charge in [0, 0.05) is 10.4 Å².